The Morgan fingerprint density at radius 1 is 1.23 bits per heavy atom. The number of aliphatic hydroxyl groups excluding tert-OH is 1. The van der Waals surface area contributed by atoms with Gasteiger partial charge in [0.15, 0.2) is 5.58 Å². The summed E-state index contributed by atoms with van der Waals surface area (Å²) < 4.78 is 13.0. The van der Waals surface area contributed by atoms with Crippen LogP contribution in [0.1, 0.15) is 10.4 Å². The minimum Gasteiger partial charge on any atom is -0.491 e. The number of anilines is 2. The van der Waals surface area contributed by atoms with Crippen molar-refractivity contribution in [3.8, 4) is 5.75 Å². The molecule has 0 bridgehead atoms. The van der Waals surface area contributed by atoms with E-state index in [1.165, 1.54) is 0 Å². The van der Waals surface area contributed by atoms with Gasteiger partial charge in [0.1, 0.15) is 17.9 Å². The number of hydrogen-bond acceptors (Lipinski definition) is 8. The lowest BCUT2D eigenvalue weighted by molar-refractivity contribution is 0.0955. The van der Waals surface area contributed by atoms with E-state index in [2.05, 4.69) is 20.6 Å². The van der Waals surface area contributed by atoms with Crippen molar-refractivity contribution < 1.29 is 19.1 Å². The molecule has 1 amide bonds. The zero-order valence-electron chi connectivity index (χ0n) is 16.8. The fourth-order valence-corrected chi connectivity index (χ4v) is 3.05. The number of aliphatic hydroxyl groups is 1. The summed E-state index contributed by atoms with van der Waals surface area (Å²) in [6, 6.07) is 10.8. The van der Waals surface area contributed by atoms with Gasteiger partial charge in [-0.15, -0.1) is 12.4 Å². The summed E-state index contributed by atoms with van der Waals surface area (Å²) in [7, 11) is 1.86. The SMILES string of the molecule is Cl.Cn1c(Nc2nc3ccc(OCCO)cc3o2)nc2cc(C(=O)NCCN)ccc21. The first-order chi connectivity index (χ1) is 14.6. The molecule has 0 aliphatic carbocycles. The van der Waals surface area contributed by atoms with E-state index in [9.17, 15) is 4.79 Å². The van der Waals surface area contributed by atoms with Gasteiger partial charge in [-0.05, 0) is 30.3 Å². The van der Waals surface area contributed by atoms with Crippen molar-refractivity contribution >= 4 is 52.4 Å². The zero-order valence-corrected chi connectivity index (χ0v) is 17.6. The van der Waals surface area contributed by atoms with Crippen LogP contribution in [0.15, 0.2) is 40.8 Å². The third-order valence-corrected chi connectivity index (χ3v) is 4.51. The lowest BCUT2D eigenvalue weighted by atomic mass is 10.2. The quantitative estimate of drug-likeness (QED) is 0.322. The first kappa shape index (κ1) is 22.3. The number of nitrogens with one attached hydrogen (secondary N) is 2. The highest BCUT2D eigenvalue weighted by atomic mass is 35.5. The van der Waals surface area contributed by atoms with Gasteiger partial charge in [-0.2, -0.15) is 4.98 Å². The van der Waals surface area contributed by atoms with Crippen molar-refractivity contribution in [3.05, 3.63) is 42.0 Å². The van der Waals surface area contributed by atoms with Crippen LogP contribution in [-0.2, 0) is 7.05 Å². The fraction of sp³-hybridized carbons (Fsp3) is 0.250. The zero-order chi connectivity index (χ0) is 21.1. The van der Waals surface area contributed by atoms with E-state index in [0.717, 1.165) is 5.52 Å². The molecule has 0 saturated carbocycles. The Bertz CT molecular complexity index is 1210. The van der Waals surface area contributed by atoms with Gasteiger partial charge in [-0.25, -0.2) is 4.98 Å². The van der Waals surface area contributed by atoms with Crippen molar-refractivity contribution in [1.29, 1.82) is 0 Å². The normalized spacial score (nSPS) is 10.8. The maximum Gasteiger partial charge on any atom is 0.302 e. The Labute approximate surface area is 183 Å². The lowest BCUT2D eigenvalue weighted by Crippen LogP contribution is -2.28. The van der Waals surface area contributed by atoms with Crippen molar-refractivity contribution in [1.82, 2.24) is 19.9 Å². The minimum atomic E-state index is -0.194. The number of carbonyl (C=O) groups is 1. The Morgan fingerprint density at radius 3 is 2.84 bits per heavy atom. The number of benzene rings is 2. The molecule has 0 radical (unpaired) electrons. The second-order valence-corrected chi connectivity index (χ2v) is 6.59. The minimum absolute atomic E-state index is 0. The smallest absolute Gasteiger partial charge is 0.302 e. The maximum atomic E-state index is 12.2. The predicted molar refractivity (Wildman–Crippen MR) is 119 cm³/mol. The standard InChI is InChI=1S/C20H22N6O4.ClH/c1-26-16-5-2-12(18(28)22-7-6-21)10-15(16)23-19(26)25-20-24-14-4-3-13(29-9-8-27)11-17(14)30-20;/h2-5,10-11,27H,6-9,21H2,1H3,(H,22,28)(H,23,24,25);1H. The van der Waals surface area contributed by atoms with E-state index in [1.807, 2.05) is 17.7 Å². The van der Waals surface area contributed by atoms with Gasteiger partial charge in [0, 0.05) is 31.8 Å². The maximum absolute atomic E-state index is 12.2. The van der Waals surface area contributed by atoms with Gasteiger partial charge < -0.3 is 29.9 Å². The van der Waals surface area contributed by atoms with Crippen LogP contribution in [0.2, 0.25) is 0 Å². The summed E-state index contributed by atoms with van der Waals surface area (Å²) in [6.07, 6.45) is 0. The molecule has 2 aromatic heterocycles. The molecule has 31 heavy (non-hydrogen) atoms. The highest BCUT2D eigenvalue weighted by Gasteiger charge is 2.14. The average Bonchev–Trinajstić information content (AvgIpc) is 3.30. The van der Waals surface area contributed by atoms with Gasteiger partial charge in [-0.3, -0.25) is 10.1 Å². The highest BCUT2D eigenvalue weighted by Crippen LogP contribution is 2.27. The summed E-state index contributed by atoms with van der Waals surface area (Å²) in [5, 5.41) is 14.7. The molecular weight excluding hydrogens is 424 g/mol. The number of carbonyl (C=O) groups excluding carboxylic acids is 1. The van der Waals surface area contributed by atoms with E-state index < -0.39 is 0 Å². The van der Waals surface area contributed by atoms with Gasteiger partial charge in [0.05, 0.1) is 17.6 Å². The number of amides is 1. The Balaban J connectivity index is 0.00000272. The summed E-state index contributed by atoms with van der Waals surface area (Å²) in [6.45, 7) is 0.933. The number of fused-ring (bicyclic) bond motifs is 2. The third-order valence-electron chi connectivity index (χ3n) is 4.51. The first-order valence-electron chi connectivity index (χ1n) is 9.45. The van der Waals surface area contributed by atoms with Gasteiger partial charge in [0.2, 0.25) is 5.95 Å². The number of ether oxygens (including phenoxy) is 1. The van der Waals surface area contributed by atoms with Gasteiger partial charge in [-0.1, -0.05) is 0 Å². The predicted octanol–water partition coefficient (Wildman–Crippen LogP) is 1.94. The molecule has 0 aliphatic heterocycles. The van der Waals surface area contributed by atoms with Crippen LogP contribution in [0.5, 0.6) is 5.75 Å². The molecule has 2 heterocycles. The largest absolute Gasteiger partial charge is 0.491 e. The van der Waals surface area contributed by atoms with Crippen molar-refractivity contribution in [3.63, 3.8) is 0 Å². The van der Waals surface area contributed by atoms with E-state index >= 15 is 0 Å². The van der Waals surface area contributed by atoms with E-state index in [4.69, 9.17) is 20.0 Å². The fourth-order valence-electron chi connectivity index (χ4n) is 3.05. The van der Waals surface area contributed by atoms with Crippen LogP contribution in [-0.4, -0.2) is 51.9 Å². The van der Waals surface area contributed by atoms with Crippen LogP contribution >= 0.6 is 12.4 Å². The summed E-state index contributed by atoms with van der Waals surface area (Å²) in [4.78, 5) is 21.1. The first-order valence-corrected chi connectivity index (χ1v) is 9.45. The second-order valence-electron chi connectivity index (χ2n) is 6.59. The van der Waals surface area contributed by atoms with Gasteiger partial charge in [0.25, 0.3) is 5.91 Å². The molecule has 10 nitrogen and oxygen atoms in total. The summed E-state index contributed by atoms with van der Waals surface area (Å²) >= 11 is 0. The molecular formula is C20H23ClN6O4. The Kier molecular flexibility index (Phi) is 6.95. The molecule has 4 rings (SSSR count). The molecule has 0 unspecified atom stereocenters. The van der Waals surface area contributed by atoms with Crippen molar-refractivity contribution in [2.75, 3.05) is 31.6 Å². The van der Waals surface area contributed by atoms with Crippen molar-refractivity contribution in [2.24, 2.45) is 12.8 Å². The number of halogens is 1. The number of aryl methyl sites for hydroxylation is 1. The Morgan fingerprint density at radius 2 is 2.06 bits per heavy atom. The molecule has 4 aromatic rings. The summed E-state index contributed by atoms with van der Waals surface area (Å²) in [5.41, 5.74) is 8.66. The number of nitrogens with zero attached hydrogens (tertiary/aromatic N) is 3. The molecule has 5 N–H and O–H groups in total. The van der Waals surface area contributed by atoms with Crippen molar-refractivity contribution in [2.45, 2.75) is 0 Å². The molecule has 2 aromatic carbocycles. The number of oxazole rings is 1. The number of rotatable bonds is 8. The molecule has 11 heteroatoms. The lowest BCUT2D eigenvalue weighted by Gasteiger charge is -2.03. The van der Waals surface area contributed by atoms with E-state index in [-0.39, 0.29) is 37.5 Å². The van der Waals surface area contributed by atoms with E-state index in [1.54, 1.807) is 30.3 Å². The molecule has 0 fully saturated rings. The van der Waals surface area contributed by atoms with Gasteiger partial charge >= 0.3 is 6.01 Å². The van der Waals surface area contributed by atoms with Crippen LogP contribution in [0.3, 0.4) is 0 Å². The molecule has 0 aliphatic rings. The Hall–Kier alpha value is -3.34. The average molecular weight is 447 g/mol. The highest BCUT2D eigenvalue weighted by molar-refractivity contribution is 5.97. The third kappa shape index (κ3) is 4.71. The number of nitrogens with two attached hydrogens (primary N) is 1. The molecule has 0 atom stereocenters. The van der Waals surface area contributed by atoms with E-state index in [0.29, 0.717) is 47.0 Å². The van der Waals surface area contributed by atoms with Crippen LogP contribution < -0.4 is 21.1 Å². The topological polar surface area (TPSA) is 140 Å². The second kappa shape index (κ2) is 9.65. The van der Waals surface area contributed by atoms with Crippen LogP contribution in [0, 0.1) is 0 Å². The number of imidazole rings is 1. The van der Waals surface area contributed by atoms with Crippen LogP contribution in [0.25, 0.3) is 22.1 Å². The van der Waals surface area contributed by atoms with Crippen LogP contribution in [0.4, 0.5) is 12.0 Å². The molecule has 164 valence electrons. The number of hydrogen-bond donors (Lipinski definition) is 4. The summed E-state index contributed by atoms with van der Waals surface area (Å²) in [5.74, 6) is 0.913. The molecule has 0 saturated heterocycles. The number of aromatic nitrogens is 3. The molecule has 0 spiro atoms. The monoisotopic (exact) mass is 446 g/mol.